The smallest absolute Gasteiger partial charge is 0.343 e. The van der Waals surface area contributed by atoms with Gasteiger partial charge in [-0.2, -0.15) is 0 Å². The molecule has 2 N–H and O–H groups in total. The predicted octanol–water partition coefficient (Wildman–Crippen LogP) is 2.25. The highest BCUT2D eigenvalue weighted by molar-refractivity contribution is 6.03. The highest BCUT2D eigenvalue weighted by atomic mass is 16.5. The Morgan fingerprint density at radius 2 is 2.00 bits per heavy atom. The molecule has 0 unspecified atom stereocenters. The number of hydrogen-bond acceptors (Lipinski definition) is 3. The maximum Gasteiger partial charge on any atom is 0.343 e. The number of ether oxygens (including phenoxy) is 1. The average molecular weight is 218 g/mol. The molecule has 0 spiro atoms. The predicted molar refractivity (Wildman–Crippen MR) is 59.1 cm³/mol. The van der Waals surface area contributed by atoms with E-state index in [-0.39, 0.29) is 17.1 Å². The first kappa shape index (κ1) is 10.3. The molecular formula is C12H10O4. The Kier molecular flexibility index (Phi) is 2.40. The molecule has 0 aromatic heterocycles. The van der Waals surface area contributed by atoms with Gasteiger partial charge in [-0.15, -0.1) is 0 Å². The first-order valence-corrected chi connectivity index (χ1v) is 4.67. The Hall–Kier alpha value is -2.23. The lowest BCUT2D eigenvalue weighted by atomic mass is 10.0. The van der Waals surface area contributed by atoms with Gasteiger partial charge in [0.05, 0.1) is 7.11 Å². The zero-order chi connectivity index (χ0) is 11.7. The molecule has 0 aliphatic carbocycles. The second kappa shape index (κ2) is 3.73. The standard InChI is InChI=1S/C12H10O4/c1-16-11-8-5-3-2-4-7(8)6-9(13)10(11)12(14)15/h2-6,13H,1H3,(H,14,15). The Labute approximate surface area is 91.7 Å². The van der Waals surface area contributed by atoms with Gasteiger partial charge >= 0.3 is 5.97 Å². The molecule has 0 radical (unpaired) electrons. The van der Waals surface area contributed by atoms with Crippen molar-refractivity contribution in [3.05, 3.63) is 35.9 Å². The number of rotatable bonds is 2. The van der Waals surface area contributed by atoms with Gasteiger partial charge in [0.15, 0.2) is 0 Å². The molecule has 0 atom stereocenters. The number of aromatic carboxylic acids is 1. The van der Waals surface area contributed by atoms with Crippen LogP contribution in [0.3, 0.4) is 0 Å². The van der Waals surface area contributed by atoms with Crippen molar-refractivity contribution in [3.63, 3.8) is 0 Å². The Balaban J connectivity index is 2.90. The quantitative estimate of drug-likeness (QED) is 0.811. The van der Waals surface area contributed by atoms with Crippen LogP contribution in [0.1, 0.15) is 10.4 Å². The molecule has 2 aromatic carbocycles. The number of fused-ring (bicyclic) bond motifs is 1. The molecule has 0 bridgehead atoms. The Bertz CT molecular complexity index is 560. The molecule has 0 aliphatic rings. The van der Waals surface area contributed by atoms with Crippen molar-refractivity contribution in [2.24, 2.45) is 0 Å². The zero-order valence-electron chi connectivity index (χ0n) is 8.60. The molecule has 0 aliphatic heterocycles. The first-order chi connectivity index (χ1) is 7.65. The van der Waals surface area contributed by atoms with Crippen molar-refractivity contribution in [1.29, 1.82) is 0 Å². The molecule has 0 saturated heterocycles. The van der Waals surface area contributed by atoms with Gasteiger partial charge in [-0.3, -0.25) is 0 Å². The summed E-state index contributed by atoms with van der Waals surface area (Å²) in [5.41, 5.74) is -0.207. The summed E-state index contributed by atoms with van der Waals surface area (Å²) >= 11 is 0. The third-order valence-corrected chi connectivity index (χ3v) is 2.40. The number of methoxy groups -OCH3 is 1. The largest absolute Gasteiger partial charge is 0.507 e. The summed E-state index contributed by atoms with van der Waals surface area (Å²) in [6, 6.07) is 8.54. The van der Waals surface area contributed by atoms with E-state index in [1.165, 1.54) is 13.2 Å². The maximum absolute atomic E-state index is 11.0. The fourth-order valence-electron chi connectivity index (χ4n) is 1.72. The third-order valence-electron chi connectivity index (χ3n) is 2.40. The third kappa shape index (κ3) is 1.44. The number of carboxylic acid groups (broad SMARTS) is 1. The van der Waals surface area contributed by atoms with E-state index in [4.69, 9.17) is 9.84 Å². The SMILES string of the molecule is COc1c(C(=O)O)c(O)cc2ccccc12. The molecule has 0 saturated carbocycles. The molecule has 0 heterocycles. The number of aromatic hydroxyl groups is 1. The van der Waals surface area contributed by atoms with Crippen molar-refractivity contribution >= 4 is 16.7 Å². The number of carboxylic acids is 1. The van der Waals surface area contributed by atoms with Crippen LogP contribution in [-0.2, 0) is 0 Å². The lowest BCUT2D eigenvalue weighted by Crippen LogP contribution is -2.01. The van der Waals surface area contributed by atoms with E-state index in [1.807, 2.05) is 6.07 Å². The van der Waals surface area contributed by atoms with E-state index < -0.39 is 5.97 Å². The van der Waals surface area contributed by atoms with Gasteiger partial charge in [0, 0.05) is 5.39 Å². The fraction of sp³-hybridized carbons (Fsp3) is 0.0833. The summed E-state index contributed by atoms with van der Waals surface area (Å²) in [6.07, 6.45) is 0. The number of hydrogen-bond donors (Lipinski definition) is 2. The van der Waals surface area contributed by atoms with Crippen LogP contribution in [0.5, 0.6) is 11.5 Å². The van der Waals surface area contributed by atoms with Crippen molar-refractivity contribution in [2.45, 2.75) is 0 Å². The summed E-state index contributed by atoms with van der Waals surface area (Å²) in [5.74, 6) is -1.31. The lowest BCUT2D eigenvalue weighted by Gasteiger charge is -2.10. The van der Waals surface area contributed by atoms with Gasteiger partial charge in [0.25, 0.3) is 0 Å². The number of benzene rings is 2. The van der Waals surface area contributed by atoms with Crippen LogP contribution in [-0.4, -0.2) is 23.3 Å². The topological polar surface area (TPSA) is 66.8 Å². The van der Waals surface area contributed by atoms with Crippen LogP contribution in [0.15, 0.2) is 30.3 Å². The molecule has 0 amide bonds. The van der Waals surface area contributed by atoms with Gasteiger partial charge < -0.3 is 14.9 Å². The highest BCUT2D eigenvalue weighted by Crippen LogP contribution is 2.35. The van der Waals surface area contributed by atoms with Crippen molar-refractivity contribution in [1.82, 2.24) is 0 Å². The van der Waals surface area contributed by atoms with Crippen LogP contribution < -0.4 is 4.74 Å². The van der Waals surface area contributed by atoms with E-state index in [1.54, 1.807) is 18.2 Å². The molecule has 16 heavy (non-hydrogen) atoms. The highest BCUT2D eigenvalue weighted by Gasteiger charge is 2.19. The first-order valence-electron chi connectivity index (χ1n) is 4.67. The van der Waals surface area contributed by atoms with Gasteiger partial charge in [-0.25, -0.2) is 4.79 Å². The Morgan fingerprint density at radius 1 is 1.31 bits per heavy atom. The van der Waals surface area contributed by atoms with E-state index in [9.17, 15) is 9.90 Å². The molecule has 4 heteroatoms. The second-order valence-corrected chi connectivity index (χ2v) is 3.33. The summed E-state index contributed by atoms with van der Waals surface area (Å²) in [7, 11) is 1.38. The minimum Gasteiger partial charge on any atom is -0.507 e. The fourth-order valence-corrected chi connectivity index (χ4v) is 1.72. The summed E-state index contributed by atoms with van der Waals surface area (Å²) in [5, 5.41) is 20.0. The van der Waals surface area contributed by atoms with E-state index in [0.29, 0.717) is 5.39 Å². The van der Waals surface area contributed by atoms with Crippen molar-refractivity contribution < 1.29 is 19.7 Å². The van der Waals surface area contributed by atoms with E-state index in [0.717, 1.165) is 5.39 Å². The van der Waals surface area contributed by atoms with E-state index >= 15 is 0 Å². The van der Waals surface area contributed by atoms with E-state index in [2.05, 4.69) is 0 Å². The zero-order valence-corrected chi connectivity index (χ0v) is 8.60. The Morgan fingerprint density at radius 3 is 2.62 bits per heavy atom. The molecular weight excluding hydrogens is 208 g/mol. The van der Waals surface area contributed by atoms with Crippen molar-refractivity contribution in [3.8, 4) is 11.5 Å². The number of carbonyl (C=O) groups is 1. The molecule has 0 fully saturated rings. The monoisotopic (exact) mass is 218 g/mol. The number of phenols is 1. The van der Waals surface area contributed by atoms with Gasteiger partial charge in [-0.05, 0) is 11.5 Å². The molecule has 82 valence electrons. The summed E-state index contributed by atoms with van der Waals surface area (Å²) in [6.45, 7) is 0. The van der Waals surface area contributed by atoms with Crippen LogP contribution >= 0.6 is 0 Å². The molecule has 2 rings (SSSR count). The normalized spacial score (nSPS) is 10.3. The van der Waals surface area contributed by atoms with Crippen LogP contribution in [0.25, 0.3) is 10.8 Å². The molecule has 4 nitrogen and oxygen atoms in total. The van der Waals surface area contributed by atoms with Gasteiger partial charge in [0.1, 0.15) is 17.1 Å². The van der Waals surface area contributed by atoms with Crippen LogP contribution in [0, 0.1) is 0 Å². The summed E-state index contributed by atoms with van der Waals surface area (Å²) in [4.78, 5) is 11.0. The maximum atomic E-state index is 11.0. The van der Waals surface area contributed by atoms with Crippen molar-refractivity contribution in [2.75, 3.05) is 7.11 Å². The van der Waals surface area contributed by atoms with Crippen LogP contribution in [0.2, 0.25) is 0 Å². The van der Waals surface area contributed by atoms with Gasteiger partial charge in [0.2, 0.25) is 0 Å². The summed E-state index contributed by atoms with van der Waals surface area (Å²) < 4.78 is 5.06. The average Bonchev–Trinajstić information content (AvgIpc) is 2.26. The van der Waals surface area contributed by atoms with Gasteiger partial charge in [-0.1, -0.05) is 24.3 Å². The minimum absolute atomic E-state index is 0.183. The molecule has 2 aromatic rings. The second-order valence-electron chi connectivity index (χ2n) is 3.33. The van der Waals surface area contributed by atoms with Crippen LogP contribution in [0.4, 0.5) is 0 Å². The lowest BCUT2D eigenvalue weighted by molar-refractivity contribution is 0.0690. The minimum atomic E-state index is -1.21.